The first kappa shape index (κ1) is 34.8. The Labute approximate surface area is 337 Å². The van der Waals surface area contributed by atoms with E-state index in [1.54, 1.807) is 11.8 Å². The van der Waals surface area contributed by atoms with Gasteiger partial charge in [-0.2, -0.15) is 4.57 Å². The SMILES string of the molecule is CC(C)(C)n1[cH+]n(-c2cccc(Sc3ccc4c5ccccc5n(-c5cc(-c6c(-c7ccccc7)cccc6-c6ccccc6)ccn5)c4c3)c2)c2ccccc21. The second-order valence-electron chi connectivity index (χ2n) is 15.5. The average molecular weight is 754 g/mol. The Morgan fingerprint density at radius 3 is 1.82 bits per heavy atom. The van der Waals surface area contributed by atoms with Crippen LogP contribution >= 0.6 is 11.8 Å². The molecule has 0 aliphatic rings. The standard InChI is InChI=1S/C52H41N4S/c1-52(2,3)55-35-54(47-26-12-13-27-48(47)55)39-20-14-21-40(33-39)57-41-28-29-45-44-22-10-11-25-46(44)56(49(45)34-41)50-32-38(30-31-53-50)51-42(36-16-6-4-7-17-36)23-15-24-43(51)37-18-8-5-9-19-37/h4-35H,1-3H3/q+1. The van der Waals surface area contributed by atoms with E-state index < -0.39 is 0 Å². The summed E-state index contributed by atoms with van der Waals surface area (Å²) >= 11 is 1.79. The van der Waals surface area contributed by atoms with E-state index in [1.807, 2.05) is 6.20 Å². The molecule has 57 heavy (non-hydrogen) atoms. The molecule has 0 aliphatic carbocycles. The minimum absolute atomic E-state index is 0.0467. The summed E-state index contributed by atoms with van der Waals surface area (Å²) in [5.74, 6) is 0.886. The molecule has 0 radical (unpaired) electrons. The Bertz CT molecular complexity index is 3020. The van der Waals surface area contributed by atoms with Gasteiger partial charge in [-0.15, -0.1) is 0 Å². The lowest BCUT2D eigenvalue weighted by Crippen LogP contribution is -2.20. The van der Waals surface area contributed by atoms with Crippen LogP contribution in [-0.2, 0) is 5.54 Å². The molecule has 4 nitrogen and oxygen atoms in total. The van der Waals surface area contributed by atoms with Gasteiger partial charge in [0.15, 0.2) is 17.4 Å². The highest BCUT2D eigenvalue weighted by Gasteiger charge is 2.25. The number of benzene rings is 7. The molecule has 5 heteroatoms. The van der Waals surface area contributed by atoms with Gasteiger partial charge in [-0.3, -0.25) is 4.57 Å². The summed E-state index contributed by atoms with van der Waals surface area (Å²) in [5.41, 5.74) is 12.8. The summed E-state index contributed by atoms with van der Waals surface area (Å²) in [5, 5.41) is 2.41. The number of para-hydroxylation sites is 3. The Hall–Kier alpha value is -6.69. The fourth-order valence-electron chi connectivity index (χ4n) is 8.22. The second kappa shape index (κ2) is 14.1. The Morgan fingerprint density at radius 2 is 1.11 bits per heavy atom. The average Bonchev–Trinajstić information content (AvgIpc) is 3.81. The van der Waals surface area contributed by atoms with Gasteiger partial charge in [-0.25, -0.2) is 9.55 Å². The van der Waals surface area contributed by atoms with E-state index in [2.05, 4.69) is 223 Å². The van der Waals surface area contributed by atoms with Gasteiger partial charge in [0.05, 0.1) is 16.6 Å². The molecule has 274 valence electrons. The second-order valence-corrected chi connectivity index (χ2v) is 16.7. The highest BCUT2D eigenvalue weighted by molar-refractivity contribution is 7.99. The maximum Gasteiger partial charge on any atom is 0.191 e. The smallest absolute Gasteiger partial charge is 0.191 e. The minimum atomic E-state index is -0.0467. The number of rotatable bonds is 7. The first-order valence-corrected chi connectivity index (χ1v) is 20.3. The van der Waals surface area contributed by atoms with Gasteiger partial charge in [0.1, 0.15) is 11.5 Å². The molecule has 10 rings (SSSR count). The zero-order valence-corrected chi connectivity index (χ0v) is 33.0. The molecule has 0 atom stereocenters. The van der Waals surface area contributed by atoms with Crippen molar-refractivity contribution in [2.24, 2.45) is 0 Å². The van der Waals surface area contributed by atoms with Crippen molar-refractivity contribution in [1.29, 1.82) is 0 Å². The molecule has 0 N–H and O–H groups in total. The van der Waals surface area contributed by atoms with Crippen LogP contribution < -0.4 is 0 Å². The number of fused-ring (bicyclic) bond motifs is 4. The predicted octanol–water partition coefficient (Wildman–Crippen LogP) is 14.1. The number of nitrogens with zero attached hydrogens (tertiary/aromatic N) is 4. The molecule has 0 saturated carbocycles. The van der Waals surface area contributed by atoms with Crippen LogP contribution in [0.25, 0.3) is 77.7 Å². The van der Waals surface area contributed by atoms with Crippen molar-refractivity contribution >= 4 is 44.6 Å². The summed E-state index contributed by atoms with van der Waals surface area (Å²) < 4.78 is 7.00. The lowest BCUT2D eigenvalue weighted by Gasteiger charge is -2.17. The fraction of sp³-hybridized carbons (Fsp3) is 0.0769. The molecule has 0 bridgehead atoms. The molecule has 3 aromatic heterocycles. The van der Waals surface area contributed by atoms with Crippen molar-refractivity contribution < 1.29 is 0 Å². The largest absolute Gasteiger partial charge is 0.294 e. The first-order valence-electron chi connectivity index (χ1n) is 19.5. The van der Waals surface area contributed by atoms with Crippen LogP contribution in [0, 0.1) is 0 Å². The molecule has 0 unspecified atom stereocenters. The molecule has 0 amide bonds. The van der Waals surface area contributed by atoms with E-state index in [9.17, 15) is 0 Å². The van der Waals surface area contributed by atoms with Gasteiger partial charge >= 0.3 is 0 Å². The summed E-state index contributed by atoms with van der Waals surface area (Å²) in [6.45, 7) is 6.76. The maximum absolute atomic E-state index is 5.07. The van der Waals surface area contributed by atoms with Gasteiger partial charge in [0.2, 0.25) is 0 Å². The Kier molecular flexibility index (Phi) is 8.61. The van der Waals surface area contributed by atoms with Crippen molar-refractivity contribution in [2.45, 2.75) is 36.1 Å². The van der Waals surface area contributed by atoms with Crippen LogP contribution in [0.2, 0.25) is 0 Å². The summed E-state index contributed by atoms with van der Waals surface area (Å²) in [6, 6.07) is 65.5. The van der Waals surface area contributed by atoms with Crippen LogP contribution in [0.4, 0.5) is 0 Å². The molecule has 0 saturated heterocycles. The zero-order chi connectivity index (χ0) is 38.5. The molecular weight excluding hydrogens is 713 g/mol. The van der Waals surface area contributed by atoms with E-state index in [0.29, 0.717) is 0 Å². The van der Waals surface area contributed by atoms with Crippen LogP contribution in [-0.4, -0.2) is 18.7 Å². The van der Waals surface area contributed by atoms with E-state index in [-0.39, 0.29) is 5.54 Å². The van der Waals surface area contributed by atoms with Gasteiger partial charge in [0, 0.05) is 51.0 Å². The molecular formula is C52H41N4S+. The van der Waals surface area contributed by atoms with Crippen molar-refractivity contribution in [3.05, 3.63) is 195 Å². The molecule has 7 aromatic carbocycles. The molecule has 0 spiro atoms. The van der Waals surface area contributed by atoms with Crippen LogP contribution in [0.15, 0.2) is 204 Å². The topological polar surface area (TPSA) is 27.7 Å². The molecule has 0 fully saturated rings. The summed E-state index contributed by atoms with van der Waals surface area (Å²) in [6.07, 6.45) is 4.20. The fourth-order valence-corrected chi connectivity index (χ4v) is 9.13. The molecule has 0 aliphatic heterocycles. The predicted molar refractivity (Wildman–Crippen MR) is 240 cm³/mol. The van der Waals surface area contributed by atoms with Gasteiger partial charge in [-0.05, 0) is 109 Å². The third-order valence-electron chi connectivity index (χ3n) is 10.8. The van der Waals surface area contributed by atoms with E-state index in [1.165, 1.54) is 59.4 Å². The quantitative estimate of drug-likeness (QED) is 0.152. The van der Waals surface area contributed by atoms with Gasteiger partial charge in [0.25, 0.3) is 0 Å². The normalized spacial score (nSPS) is 11.8. The highest BCUT2D eigenvalue weighted by atomic mass is 32.2. The number of pyridine rings is 1. The Morgan fingerprint density at radius 1 is 0.491 bits per heavy atom. The lowest BCUT2D eigenvalue weighted by molar-refractivity contribution is 0.406. The first-order chi connectivity index (χ1) is 27.9. The maximum atomic E-state index is 5.07. The molecule has 3 heterocycles. The number of imidazole rings is 1. The third kappa shape index (κ3) is 6.30. The number of aromatic nitrogens is 4. The lowest BCUT2D eigenvalue weighted by atomic mass is 9.88. The highest BCUT2D eigenvalue weighted by Crippen LogP contribution is 2.42. The number of hydrogen-bond acceptors (Lipinski definition) is 2. The monoisotopic (exact) mass is 753 g/mol. The zero-order valence-electron chi connectivity index (χ0n) is 32.2. The van der Waals surface area contributed by atoms with Crippen molar-refractivity contribution in [3.63, 3.8) is 0 Å². The number of hydrogen-bond donors (Lipinski definition) is 0. The minimum Gasteiger partial charge on any atom is -0.294 e. The molecule has 10 aromatic rings. The van der Waals surface area contributed by atoms with Crippen LogP contribution in [0.3, 0.4) is 0 Å². The van der Waals surface area contributed by atoms with Gasteiger partial charge < -0.3 is 0 Å². The van der Waals surface area contributed by atoms with Gasteiger partial charge in [-0.1, -0.05) is 115 Å². The van der Waals surface area contributed by atoms with E-state index in [4.69, 9.17) is 4.98 Å². The van der Waals surface area contributed by atoms with Crippen LogP contribution in [0.1, 0.15) is 20.8 Å². The van der Waals surface area contributed by atoms with E-state index in [0.717, 1.165) is 28.1 Å². The third-order valence-corrected chi connectivity index (χ3v) is 11.8. The summed E-state index contributed by atoms with van der Waals surface area (Å²) in [7, 11) is 0. The van der Waals surface area contributed by atoms with Crippen molar-refractivity contribution in [1.82, 2.24) is 18.7 Å². The van der Waals surface area contributed by atoms with Crippen molar-refractivity contribution in [2.75, 3.05) is 0 Å². The summed E-state index contributed by atoms with van der Waals surface area (Å²) in [4.78, 5) is 7.42. The van der Waals surface area contributed by atoms with Crippen LogP contribution in [0.5, 0.6) is 0 Å². The van der Waals surface area contributed by atoms with E-state index >= 15 is 0 Å². The van der Waals surface area contributed by atoms with Crippen molar-refractivity contribution in [3.8, 4) is 44.9 Å². The Balaban J connectivity index is 1.09.